The first kappa shape index (κ1) is 22.2. The van der Waals surface area contributed by atoms with E-state index in [1.54, 1.807) is 0 Å². The Morgan fingerprint density at radius 2 is 1.73 bits per heavy atom. The highest BCUT2D eigenvalue weighted by Crippen LogP contribution is 2.10. The molecule has 0 saturated heterocycles. The summed E-state index contributed by atoms with van der Waals surface area (Å²) in [5, 5.41) is 12.7. The summed E-state index contributed by atoms with van der Waals surface area (Å²) in [6, 6.07) is 17.6. The molecular formula is C20H28IN3O2. The molecule has 0 fully saturated rings. The Morgan fingerprint density at radius 3 is 2.38 bits per heavy atom. The molecule has 0 bridgehead atoms. The summed E-state index contributed by atoms with van der Waals surface area (Å²) in [6.45, 7) is 4.71. The summed E-state index contributed by atoms with van der Waals surface area (Å²) in [7, 11) is 1.99. The first-order chi connectivity index (χ1) is 12.2. The number of guanidine groups is 1. The number of para-hydroxylation sites is 1. The van der Waals surface area contributed by atoms with Gasteiger partial charge in [-0.2, -0.15) is 0 Å². The topological polar surface area (TPSA) is 57.1 Å². The van der Waals surface area contributed by atoms with E-state index < -0.39 is 0 Å². The van der Waals surface area contributed by atoms with E-state index in [4.69, 9.17) is 4.74 Å². The van der Waals surface area contributed by atoms with Crippen molar-refractivity contribution in [1.82, 2.24) is 10.2 Å². The van der Waals surface area contributed by atoms with Gasteiger partial charge in [0.25, 0.3) is 0 Å². The van der Waals surface area contributed by atoms with Crippen LogP contribution < -0.4 is 10.1 Å². The Hall–Kier alpha value is -1.80. The average Bonchev–Trinajstić information content (AvgIpc) is 2.66. The van der Waals surface area contributed by atoms with Gasteiger partial charge in [-0.1, -0.05) is 42.5 Å². The summed E-state index contributed by atoms with van der Waals surface area (Å²) in [5.41, 5.74) is 1.95. The van der Waals surface area contributed by atoms with Crippen LogP contribution in [0.15, 0.2) is 59.6 Å². The molecule has 0 radical (unpaired) electrons. The summed E-state index contributed by atoms with van der Waals surface area (Å²) < 4.78 is 5.75. The second-order valence-electron chi connectivity index (χ2n) is 5.68. The SMILES string of the molecule is CCNC(=NCc1ccccc1CO)N(C)CCOc1ccccc1.I. The van der Waals surface area contributed by atoms with Crippen molar-refractivity contribution >= 4 is 29.9 Å². The maximum absolute atomic E-state index is 9.43. The van der Waals surface area contributed by atoms with E-state index in [-0.39, 0.29) is 30.6 Å². The van der Waals surface area contributed by atoms with Crippen LogP contribution in [-0.4, -0.2) is 42.7 Å². The minimum atomic E-state index is 0. The molecule has 0 aliphatic rings. The predicted molar refractivity (Wildman–Crippen MR) is 117 cm³/mol. The monoisotopic (exact) mass is 469 g/mol. The lowest BCUT2D eigenvalue weighted by Crippen LogP contribution is -2.40. The standard InChI is InChI=1S/C20H27N3O2.HI/c1-3-21-20(22-15-17-9-7-8-10-18(17)16-24)23(2)13-14-25-19-11-5-4-6-12-19;/h4-12,24H,3,13-16H2,1-2H3,(H,21,22);1H. The predicted octanol–water partition coefficient (Wildman–Crippen LogP) is 3.27. The summed E-state index contributed by atoms with van der Waals surface area (Å²) in [5.74, 6) is 1.70. The summed E-state index contributed by atoms with van der Waals surface area (Å²) >= 11 is 0. The number of ether oxygens (including phenoxy) is 1. The van der Waals surface area contributed by atoms with Crippen LogP contribution in [0.4, 0.5) is 0 Å². The molecule has 2 aromatic carbocycles. The molecular weight excluding hydrogens is 441 g/mol. The number of aliphatic hydroxyl groups is 1. The van der Waals surface area contributed by atoms with Gasteiger partial charge in [-0.3, -0.25) is 0 Å². The fraction of sp³-hybridized carbons (Fsp3) is 0.350. The van der Waals surface area contributed by atoms with E-state index in [1.165, 1.54) is 0 Å². The highest BCUT2D eigenvalue weighted by molar-refractivity contribution is 14.0. The van der Waals surface area contributed by atoms with Crippen molar-refractivity contribution in [3.8, 4) is 5.75 Å². The van der Waals surface area contributed by atoms with Crippen molar-refractivity contribution in [3.05, 3.63) is 65.7 Å². The Balaban J connectivity index is 0.00000338. The highest BCUT2D eigenvalue weighted by Gasteiger charge is 2.07. The molecule has 0 amide bonds. The normalized spacial score (nSPS) is 10.8. The van der Waals surface area contributed by atoms with Crippen molar-refractivity contribution in [3.63, 3.8) is 0 Å². The van der Waals surface area contributed by atoms with Crippen molar-refractivity contribution in [2.45, 2.75) is 20.1 Å². The molecule has 0 heterocycles. The molecule has 0 atom stereocenters. The van der Waals surface area contributed by atoms with Gasteiger partial charge < -0.3 is 20.1 Å². The van der Waals surface area contributed by atoms with Crippen LogP contribution in [0.25, 0.3) is 0 Å². The number of nitrogens with zero attached hydrogens (tertiary/aromatic N) is 2. The lowest BCUT2D eigenvalue weighted by molar-refractivity contribution is 0.280. The number of rotatable bonds is 8. The van der Waals surface area contributed by atoms with Gasteiger partial charge in [0.2, 0.25) is 0 Å². The van der Waals surface area contributed by atoms with Gasteiger partial charge in [-0.15, -0.1) is 24.0 Å². The molecule has 26 heavy (non-hydrogen) atoms. The minimum Gasteiger partial charge on any atom is -0.492 e. The van der Waals surface area contributed by atoms with E-state index in [9.17, 15) is 5.11 Å². The van der Waals surface area contributed by atoms with Gasteiger partial charge in [0.1, 0.15) is 12.4 Å². The quantitative estimate of drug-likeness (QED) is 0.354. The number of likely N-dealkylation sites (N-methyl/N-ethyl adjacent to an activating group) is 1. The second-order valence-corrected chi connectivity index (χ2v) is 5.68. The number of aliphatic hydroxyl groups excluding tert-OH is 1. The second kappa shape index (κ2) is 12.5. The largest absolute Gasteiger partial charge is 0.492 e. The minimum absolute atomic E-state index is 0. The number of benzene rings is 2. The number of hydrogen-bond donors (Lipinski definition) is 2. The zero-order chi connectivity index (χ0) is 17.9. The molecule has 0 saturated carbocycles. The van der Waals surface area contributed by atoms with Crippen molar-refractivity contribution in [2.24, 2.45) is 4.99 Å². The van der Waals surface area contributed by atoms with Crippen LogP contribution in [-0.2, 0) is 13.2 Å². The Kier molecular flexibility index (Phi) is 10.7. The van der Waals surface area contributed by atoms with Crippen molar-refractivity contribution in [2.75, 3.05) is 26.7 Å². The van der Waals surface area contributed by atoms with Gasteiger partial charge >= 0.3 is 0 Å². The maximum Gasteiger partial charge on any atom is 0.194 e. The number of halogens is 1. The van der Waals surface area contributed by atoms with Gasteiger partial charge in [-0.05, 0) is 30.2 Å². The molecule has 0 unspecified atom stereocenters. The molecule has 142 valence electrons. The molecule has 5 nitrogen and oxygen atoms in total. The maximum atomic E-state index is 9.43. The Morgan fingerprint density at radius 1 is 1.08 bits per heavy atom. The molecule has 0 aliphatic heterocycles. The first-order valence-corrected chi connectivity index (χ1v) is 8.59. The molecule has 6 heteroatoms. The van der Waals surface area contributed by atoms with Crippen molar-refractivity contribution in [1.29, 1.82) is 0 Å². The number of hydrogen-bond acceptors (Lipinski definition) is 3. The third-order valence-corrected chi connectivity index (χ3v) is 3.82. The van der Waals surface area contributed by atoms with E-state index in [0.717, 1.165) is 35.9 Å². The molecule has 0 aliphatic carbocycles. The lowest BCUT2D eigenvalue weighted by atomic mass is 10.1. The molecule has 0 spiro atoms. The third kappa shape index (κ3) is 7.21. The summed E-state index contributed by atoms with van der Waals surface area (Å²) in [6.07, 6.45) is 0. The van der Waals surface area contributed by atoms with Crippen LogP contribution >= 0.6 is 24.0 Å². The zero-order valence-electron chi connectivity index (χ0n) is 15.4. The highest BCUT2D eigenvalue weighted by atomic mass is 127. The van der Waals surface area contributed by atoms with Crippen molar-refractivity contribution < 1.29 is 9.84 Å². The lowest BCUT2D eigenvalue weighted by Gasteiger charge is -2.22. The zero-order valence-corrected chi connectivity index (χ0v) is 17.7. The van der Waals surface area contributed by atoms with Crippen LogP contribution in [0.2, 0.25) is 0 Å². The van der Waals surface area contributed by atoms with Crippen LogP contribution in [0.5, 0.6) is 5.75 Å². The van der Waals surface area contributed by atoms with Gasteiger partial charge in [-0.25, -0.2) is 4.99 Å². The Bertz CT molecular complexity index is 665. The fourth-order valence-electron chi connectivity index (χ4n) is 2.42. The average molecular weight is 469 g/mol. The van der Waals surface area contributed by atoms with E-state index >= 15 is 0 Å². The van der Waals surface area contributed by atoms with E-state index in [1.807, 2.05) is 73.5 Å². The van der Waals surface area contributed by atoms with Gasteiger partial charge in [0, 0.05) is 13.6 Å². The first-order valence-electron chi connectivity index (χ1n) is 8.59. The van der Waals surface area contributed by atoms with Crippen LogP contribution in [0, 0.1) is 0 Å². The molecule has 0 aromatic heterocycles. The van der Waals surface area contributed by atoms with Gasteiger partial charge in [0.15, 0.2) is 5.96 Å². The smallest absolute Gasteiger partial charge is 0.194 e. The number of nitrogens with one attached hydrogen (secondary N) is 1. The molecule has 2 aromatic rings. The van der Waals surface area contributed by atoms with E-state index in [2.05, 4.69) is 10.3 Å². The Labute approximate surface area is 173 Å². The van der Waals surface area contributed by atoms with Crippen LogP contribution in [0.1, 0.15) is 18.1 Å². The number of aliphatic imine (C=N–C) groups is 1. The summed E-state index contributed by atoms with van der Waals surface area (Å²) in [4.78, 5) is 6.73. The molecule has 2 rings (SSSR count). The van der Waals surface area contributed by atoms with Gasteiger partial charge in [0.05, 0.1) is 19.7 Å². The van der Waals surface area contributed by atoms with Crippen LogP contribution in [0.3, 0.4) is 0 Å². The molecule has 2 N–H and O–H groups in total. The van der Waals surface area contributed by atoms with E-state index in [0.29, 0.717) is 13.2 Å². The fourth-order valence-corrected chi connectivity index (χ4v) is 2.42. The third-order valence-electron chi connectivity index (χ3n) is 3.82.